The van der Waals surface area contributed by atoms with Crippen LogP contribution in [0.4, 0.5) is 0 Å². The normalized spacial score (nSPS) is 11.8. The molecule has 30 heavy (non-hydrogen) atoms. The lowest BCUT2D eigenvalue weighted by atomic mass is 10.1. The second kappa shape index (κ2) is 11.4. The average molecular weight is 411 g/mol. The van der Waals surface area contributed by atoms with Crippen molar-refractivity contribution in [2.24, 2.45) is 0 Å². The number of benzene rings is 2. The van der Waals surface area contributed by atoms with E-state index in [0.29, 0.717) is 25.1 Å². The zero-order valence-corrected chi connectivity index (χ0v) is 18.8. The predicted molar refractivity (Wildman–Crippen MR) is 121 cm³/mol. The Morgan fingerprint density at radius 1 is 1.07 bits per heavy atom. The van der Waals surface area contributed by atoms with E-state index in [-0.39, 0.29) is 24.5 Å². The van der Waals surface area contributed by atoms with Crippen LogP contribution in [-0.4, -0.2) is 41.9 Å². The molecule has 0 aromatic heterocycles. The summed E-state index contributed by atoms with van der Waals surface area (Å²) in [6, 6.07) is 15.4. The maximum Gasteiger partial charge on any atom is 0.261 e. The van der Waals surface area contributed by atoms with Crippen molar-refractivity contribution in [1.29, 1.82) is 0 Å². The largest absolute Gasteiger partial charge is 0.483 e. The summed E-state index contributed by atoms with van der Waals surface area (Å²) in [5, 5.41) is 2.94. The van der Waals surface area contributed by atoms with Gasteiger partial charge in [-0.25, -0.2) is 0 Å². The molecule has 0 aliphatic heterocycles. The number of rotatable bonds is 10. The van der Waals surface area contributed by atoms with Crippen molar-refractivity contribution in [2.45, 2.75) is 59.5 Å². The topological polar surface area (TPSA) is 58.6 Å². The molecule has 1 N–H and O–H groups in total. The first-order valence-corrected chi connectivity index (χ1v) is 10.7. The van der Waals surface area contributed by atoms with E-state index >= 15 is 0 Å². The minimum absolute atomic E-state index is 0.0177. The van der Waals surface area contributed by atoms with Gasteiger partial charge in [0, 0.05) is 12.6 Å². The second-order valence-corrected chi connectivity index (χ2v) is 7.97. The Kier molecular flexibility index (Phi) is 8.90. The van der Waals surface area contributed by atoms with Crippen molar-refractivity contribution in [3.05, 3.63) is 65.2 Å². The highest BCUT2D eigenvalue weighted by molar-refractivity contribution is 5.88. The third kappa shape index (κ3) is 6.90. The minimum atomic E-state index is -0.522. The van der Waals surface area contributed by atoms with Gasteiger partial charge in [0.1, 0.15) is 11.8 Å². The van der Waals surface area contributed by atoms with E-state index in [1.165, 1.54) is 0 Å². The highest BCUT2D eigenvalue weighted by Crippen LogP contribution is 2.19. The molecule has 0 heterocycles. The summed E-state index contributed by atoms with van der Waals surface area (Å²) < 4.78 is 5.82. The lowest BCUT2D eigenvalue weighted by Gasteiger charge is -2.31. The summed E-state index contributed by atoms with van der Waals surface area (Å²) >= 11 is 0. The van der Waals surface area contributed by atoms with Gasteiger partial charge in [0.2, 0.25) is 5.91 Å². The summed E-state index contributed by atoms with van der Waals surface area (Å²) in [6.07, 6.45) is 1.23. The molecule has 5 nitrogen and oxygen atoms in total. The number of amides is 2. The molecule has 2 amide bonds. The summed E-state index contributed by atoms with van der Waals surface area (Å²) in [5.41, 5.74) is 3.26. The molecule has 0 bridgehead atoms. The molecule has 162 valence electrons. The second-order valence-electron chi connectivity index (χ2n) is 7.97. The first kappa shape index (κ1) is 23.5. The molecule has 5 heteroatoms. The van der Waals surface area contributed by atoms with Crippen LogP contribution in [0.15, 0.2) is 48.5 Å². The molecular weight excluding hydrogens is 376 g/mol. The molecule has 2 aromatic rings. The Labute approximate surface area is 180 Å². The van der Waals surface area contributed by atoms with Gasteiger partial charge in [0.05, 0.1) is 0 Å². The molecule has 2 aromatic carbocycles. The van der Waals surface area contributed by atoms with Crippen LogP contribution in [0.1, 0.15) is 43.9 Å². The maximum absolute atomic E-state index is 13.1. The van der Waals surface area contributed by atoms with Crippen molar-refractivity contribution >= 4 is 11.8 Å². The van der Waals surface area contributed by atoms with Crippen LogP contribution in [0.5, 0.6) is 5.75 Å². The Morgan fingerprint density at radius 2 is 1.77 bits per heavy atom. The summed E-state index contributed by atoms with van der Waals surface area (Å²) in [5.74, 6) is 0.383. The van der Waals surface area contributed by atoms with Crippen LogP contribution in [0, 0.1) is 13.8 Å². The molecular formula is C25H34N2O3. The van der Waals surface area contributed by atoms with Crippen molar-refractivity contribution < 1.29 is 14.3 Å². The zero-order chi connectivity index (χ0) is 22.1. The van der Waals surface area contributed by atoms with E-state index in [9.17, 15) is 9.59 Å². The average Bonchev–Trinajstić information content (AvgIpc) is 2.70. The van der Waals surface area contributed by atoms with Gasteiger partial charge in [-0.3, -0.25) is 9.59 Å². The first-order chi connectivity index (χ1) is 14.3. The number of hydrogen-bond donors (Lipinski definition) is 1. The number of nitrogens with zero attached hydrogens (tertiary/aromatic N) is 1. The summed E-state index contributed by atoms with van der Waals surface area (Å²) in [7, 11) is 0. The standard InChI is InChI=1S/C25H34N2O3/c1-6-22(25(29)26-18(2)3)27(15-14-21-10-8-7-9-11-21)24(28)17-30-23-13-12-19(4)16-20(23)5/h7-13,16,18,22H,6,14-15,17H2,1-5H3,(H,26,29). The lowest BCUT2D eigenvalue weighted by Crippen LogP contribution is -2.52. The Morgan fingerprint density at radius 3 is 2.37 bits per heavy atom. The monoisotopic (exact) mass is 410 g/mol. The fourth-order valence-electron chi connectivity index (χ4n) is 3.46. The van der Waals surface area contributed by atoms with Crippen LogP contribution in [0.2, 0.25) is 0 Å². The molecule has 0 radical (unpaired) electrons. The van der Waals surface area contributed by atoms with Crippen LogP contribution >= 0.6 is 0 Å². The van der Waals surface area contributed by atoms with Crippen molar-refractivity contribution in [2.75, 3.05) is 13.2 Å². The number of ether oxygens (including phenoxy) is 1. The van der Waals surface area contributed by atoms with E-state index < -0.39 is 6.04 Å². The van der Waals surface area contributed by atoms with Crippen LogP contribution in [-0.2, 0) is 16.0 Å². The molecule has 0 fully saturated rings. The van der Waals surface area contributed by atoms with Crippen LogP contribution < -0.4 is 10.1 Å². The van der Waals surface area contributed by atoms with Crippen molar-refractivity contribution in [3.63, 3.8) is 0 Å². The van der Waals surface area contributed by atoms with Gasteiger partial charge in [-0.05, 0) is 57.7 Å². The van der Waals surface area contributed by atoms with Gasteiger partial charge in [-0.1, -0.05) is 55.0 Å². The van der Waals surface area contributed by atoms with Crippen molar-refractivity contribution in [1.82, 2.24) is 10.2 Å². The smallest absolute Gasteiger partial charge is 0.261 e. The first-order valence-electron chi connectivity index (χ1n) is 10.7. The molecule has 1 atom stereocenters. The third-order valence-electron chi connectivity index (χ3n) is 4.98. The number of nitrogens with one attached hydrogen (secondary N) is 1. The molecule has 0 saturated heterocycles. The number of aryl methyl sites for hydroxylation is 2. The highest BCUT2D eigenvalue weighted by atomic mass is 16.5. The third-order valence-corrected chi connectivity index (χ3v) is 4.98. The van der Waals surface area contributed by atoms with Crippen LogP contribution in [0.25, 0.3) is 0 Å². The molecule has 2 rings (SSSR count). The van der Waals surface area contributed by atoms with Crippen molar-refractivity contribution in [3.8, 4) is 5.75 Å². The van der Waals surface area contributed by atoms with E-state index in [1.54, 1.807) is 4.90 Å². The van der Waals surface area contributed by atoms with E-state index in [1.807, 2.05) is 83.1 Å². The van der Waals surface area contributed by atoms with Gasteiger partial charge in [-0.15, -0.1) is 0 Å². The Hall–Kier alpha value is -2.82. The lowest BCUT2D eigenvalue weighted by molar-refractivity contribution is -0.142. The molecule has 1 unspecified atom stereocenters. The van der Waals surface area contributed by atoms with E-state index in [4.69, 9.17) is 4.74 Å². The van der Waals surface area contributed by atoms with Gasteiger partial charge >= 0.3 is 0 Å². The number of hydrogen-bond acceptors (Lipinski definition) is 3. The van der Waals surface area contributed by atoms with Gasteiger partial charge in [-0.2, -0.15) is 0 Å². The summed E-state index contributed by atoms with van der Waals surface area (Å²) in [4.78, 5) is 27.6. The van der Waals surface area contributed by atoms with Gasteiger partial charge < -0.3 is 15.0 Å². The Bertz CT molecular complexity index is 834. The van der Waals surface area contributed by atoms with Gasteiger partial charge in [0.15, 0.2) is 6.61 Å². The molecule has 0 aliphatic rings. The number of carbonyl (C=O) groups is 2. The quantitative estimate of drug-likeness (QED) is 0.643. The van der Waals surface area contributed by atoms with E-state index in [0.717, 1.165) is 16.7 Å². The fourth-order valence-corrected chi connectivity index (χ4v) is 3.46. The van der Waals surface area contributed by atoms with Crippen LogP contribution in [0.3, 0.4) is 0 Å². The fraction of sp³-hybridized carbons (Fsp3) is 0.440. The molecule has 0 aliphatic carbocycles. The summed E-state index contributed by atoms with van der Waals surface area (Å²) in [6.45, 7) is 10.1. The molecule has 0 saturated carbocycles. The Balaban J connectivity index is 2.14. The zero-order valence-electron chi connectivity index (χ0n) is 18.8. The predicted octanol–water partition coefficient (Wildman–Crippen LogP) is 4.06. The minimum Gasteiger partial charge on any atom is -0.483 e. The highest BCUT2D eigenvalue weighted by Gasteiger charge is 2.28. The maximum atomic E-state index is 13.1. The van der Waals surface area contributed by atoms with Gasteiger partial charge in [0.25, 0.3) is 5.91 Å². The van der Waals surface area contributed by atoms with E-state index in [2.05, 4.69) is 5.32 Å². The molecule has 0 spiro atoms. The SMILES string of the molecule is CCC(C(=O)NC(C)C)N(CCc1ccccc1)C(=O)COc1ccc(C)cc1C. The number of carbonyl (C=O) groups excluding carboxylic acids is 2.